The van der Waals surface area contributed by atoms with Crippen molar-refractivity contribution in [3.63, 3.8) is 0 Å². The van der Waals surface area contributed by atoms with Crippen molar-refractivity contribution < 1.29 is 26.4 Å². The van der Waals surface area contributed by atoms with E-state index in [1.165, 1.54) is 11.1 Å². The Bertz CT molecular complexity index is 822. The number of carbonyl (C=O) groups excluding carboxylic acids is 1. The van der Waals surface area contributed by atoms with E-state index in [0.29, 0.717) is 0 Å². The Labute approximate surface area is 162 Å². The summed E-state index contributed by atoms with van der Waals surface area (Å²) >= 11 is 0. The van der Waals surface area contributed by atoms with Crippen LogP contribution >= 0.6 is 0 Å². The summed E-state index contributed by atoms with van der Waals surface area (Å²) in [5, 5.41) is 5.14. The van der Waals surface area contributed by atoms with E-state index in [0.717, 1.165) is 55.3 Å². The van der Waals surface area contributed by atoms with Gasteiger partial charge in [0.15, 0.2) is 0 Å². The molecule has 2 aliphatic rings. The Morgan fingerprint density at radius 1 is 1.00 bits per heavy atom. The maximum Gasteiger partial charge on any atom is 0.390 e. The molecule has 28 heavy (non-hydrogen) atoms. The van der Waals surface area contributed by atoms with Crippen molar-refractivity contribution >= 4 is 21.7 Å². The summed E-state index contributed by atoms with van der Waals surface area (Å²) in [5.74, 6) is -0.483. The van der Waals surface area contributed by atoms with Gasteiger partial charge in [0.2, 0.25) is 10.0 Å². The van der Waals surface area contributed by atoms with E-state index in [1.54, 1.807) is 0 Å². The number of hydrogen-bond donors (Lipinski definition) is 3. The summed E-state index contributed by atoms with van der Waals surface area (Å²) in [7, 11) is -3.95. The van der Waals surface area contributed by atoms with Crippen molar-refractivity contribution in [1.82, 2.24) is 10.0 Å². The number of alkyl halides is 3. The number of carbonyl (C=O) groups is 1. The molecule has 0 saturated carbocycles. The topological polar surface area (TPSA) is 87.3 Å². The predicted molar refractivity (Wildman–Crippen MR) is 100.0 cm³/mol. The maximum atomic E-state index is 12.3. The van der Waals surface area contributed by atoms with Crippen molar-refractivity contribution in [2.75, 3.05) is 24.2 Å². The van der Waals surface area contributed by atoms with E-state index in [9.17, 15) is 26.4 Å². The first-order chi connectivity index (χ1) is 13.1. The molecule has 0 fully saturated rings. The minimum absolute atomic E-state index is 0.172. The standard InChI is InChI=1S/C18H24F3N3O3S/c19-18(20,21)7-8-22-9-10-28(26,27)24-17(25)23-16-14-5-1-3-12(14)11-13-4-2-6-15(13)16/h11,22H,1-10H2,(H2,23,24,25). The summed E-state index contributed by atoms with van der Waals surface area (Å²) in [6, 6.07) is 1.38. The highest BCUT2D eigenvalue weighted by molar-refractivity contribution is 7.90. The summed E-state index contributed by atoms with van der Waals surface area (Å²) < 4.78 is 62.2. The first-order valence-electron chi connectivity index (χ1n) is 9.40. The molecule has 0 aromatic heterocycles. The van der Waals surface area contributed by atoms with Gasteiger partial charge in [-0.05, 0) is 60.8 Å². The lowest BCUT2D eigenvalue weighted by Gasteiger charge is -2.16. The molecular weight excluding hydrogens is 395 g/mol. The highest BCUT2D eigenvalue weighted by Gasteiger charge is 2.27. The lowest BCUT2D eigenvalue weighted by Crippen LogP contribution is -2.39. The number of fused-ring (bicyclic) bond motifs is 2. The molecule has 0 heterocycles. The smallest absolute Gasteiger partial charge is 0.315 e. The van der Waals surface area contributed by atoms with Crippen LogP contribution in [-0.2, 0) is 35.7 Å². The second-order valence-electron chi connectivity index (χ2n) is 7.22. The number of urea groups is 1. The number of amides is 2. The average molecular weight is 419 g/mol. The fourth-order valence-electron chi connectivity index (χ4n) is 3.86. The predicted octanol–water partition coefficient (Wildman–Crippen LogP) is 2.66. The molecule has 3 N–H and O–H groups in total. The molecule has 0 spiro atoms. The first-order valence-corrected chi connectivity index (χ1v) is 11.1. The molecule has 2 aliphatic carbocycles. The van der Waals surface area contributed by atoms with Gasteiger partial charge in [0.05, 0.1) is 12.2 Å². The van der Waals surface area contributed by atoms with Gasteiger partial charge in [0.25, 0.3) is 0 Å². The highest BCUT2D eigenvalue weighted by atomic mass is 32.2. The van der Waals surface area contributed by atoms with Crippen molar-refractivity contribution in [3.8, 4) is 0 Å². The van der Waals surface area contributed by atoms with Crippen molar-refractivity contribution in [3.05, 3.63) is 28.3 Å². The lowest BCUT2D eigenvalue weighted by atomic mass is 9.99. The van der Waals surface area contributed by atoms with Gasteiger partial charge in [-0.15, -0.1) is 0 Å². The highest BCUT2D eigenvalue weighted by Crippen LogP contribution is 2.38. The Hall–Kier alpha value is -1.81. The van der Waals surface area contributed by atoms with E-state index in [2.05, 4.69) is 16.7 Å². The Morgan fingerprint density at radius 2 is 1.61 bits per heavy atom. The summed E-state index contributed by atoms with van der Waals surface area (Å²) in [5.41, 5.74) is 5.34. The summed E-state index contributed by atoms with van der Waals surface area (Å²) in [6.45, 7) is -0.539. The molecule has 0 bridgehead atoms. The number of nitrogens with one attached hydrogen (secondary N) is 3. The van der Waals surface area contributed by atoms with Gasteiger partial charge in [0.1, 0.15) is 0 Å². The van der Waals surface area contributed by atoms with Crippen LogP contribution in [0.1, 0.15) is 41.5 Å². The number of rotatable bonds is 7. The zero-order chi connectivity index (χ0) is 20.4. The molecule has 0 unspecified atom stereocenters. The largest absolute Gasteiger partial charge is 0.390 e. The van der Waals surface area contributed by atoms with E-state index >= 15 is 0 Å². The number of anilines is 1. The third-order valence-electron chi connectivity index (χ3n) is 5.09. The van der Waals surface area contributed by atoms with Gasteiger partial charge in [-0.1, -0.05) is 6.07 Å². The second-order valence-corrected chi connectivity index (χ2v) is 9.07. The van der Waals surface area contributed by atoms with Crippen LogP contribution < -0.4 is 15.4 Å². The molecule has 6 nitrogen and oxygen atoms in total. The minimum atomic E-state index is -4.29. The number of sulfonamides is 1. The van der Waals surface area contributed by atoms with Gasteiger partial charge in [-0.25, -0.2) is 17.9 Å². The monoisotopic (exact) mass is 419 g/mol. The van der Waals surface area contributed by atoms with Crippen LogP contribution in [-0.4, -0.2) is 39.5 Å². The number of halogens is 3. The number of aryl methyl sites for hydroxylation is 2. The molecule has 1 aromatic carbocycles. The van der Waals surface area contributed by atoms with Gasteiger partial charge < -0.3 is 10.6 Å². The first kappa shape index (κ1) is 20.9. The fourth-order valence-corrected chi connectivity index (χ4v) is 4.71. The molecule has 0 aliphatic heterocycles. The fraction of sp³-hybridized carbons (Fsp3) is 0.611. The molecule has 10 heteroatoms. The third kappa shape index (κ3) is 5.38. The van der Waals surface area contributed by atoms with Crippen LogP contribution in [0.5, 0.6) is 0 Å². The molecule has 2 amide bonds. The van der Waals surface area contributed by atoms with Crippen LogP contribution in [0, 0.1) is 0 Å². The Morgan fingerprint density at radius 3 is 2.18 bits per heavy atom. The quantitative estimate of drug-likeness (QED) is 0.593. The minimum Gasteiger partial charge on any atom is -0.315 e. The van der Waals surface area contributed by atoms with E-state index in [-0.39, 0.29) is 13.1 Å². The molecular formula is C18H24F3N3O3S. The number of benzene rings is 1. The van der Waals surface area contributed by atoms with Gasteiger partial charge in [0, 0.05) is 18.8 Å². The van der Waals surface area contributed by atoms with Crippen molar-refractivity contribution in [2.45, 2.75) is 51.1 Å². The Balaban J connectivity index is 1.56. The van der Waals surface area contributed by atoms with Gasteiger partial charge >= 0.3 is 12.2 Å². The van der Waals surface area contributed by atoms with Crippen LogP contribution in [0.15, 0.2) is 6.07 Å². The SMILES string of the molecule is O=C(Nc1c2c(cc3c1CCC3)CCC2)NS(=O)(=O)CCNCCC(F)(F)F. The molecule has 0 saturated heterocycles. The second kappa shape index (κ2) is 8.28. The van der Waals surface area contributed by atoms with Crippen LogP contribution in [0.25, 0.3) is 0 Å². The third-order valence-corrected chi connectivity index (χ3v) is 6.33. The van der Waals surface area contributed by atoms with Crippen LogP contribution in [0.4, 0.5) is 23.7 Å². The number of hydrogen-bond acceptors (Lipinski definition) is 4. The van der Waals surface area contributed by atoms with E-state index in [4.69, 9.17) is 0 Å². The lowest BCUT2D eigenvalue weighted by molar-refractivity contribution is -0.133. The Kier molecular flexibility index (Phi) is 6.18. The summed E-state index contributed by atoms with van der Waals surface area (Å²) in [4.78, 5) is 12.3. The van der Waals surface area contributed by atoms with Gasteiger partial charge in [-0.2, -0.15) is 13.2 Å². The van der Waals surface area contributed by atoms with Crippen molar-refractivity contribution in [2.24, 2.45) is 0 Å². The molecule has 0 atom stereocenters. The molecule has 3 rings (SSSR count). The van der Waals surface area contributed by atoms with E-state index < -0.39 is 34.4 Å². The van der Waals surface area contributed by atoms with Gasteiger partial charge in [-0.3, -0.25) is 0 Å². The average Bonchev–Trinajstić information content (AvgIpc) is 3.21. The van der Waals surface area contributed by atoms with Crippen molar-refractivity contribution in [1.29, 1.82) is 0 Å². The van der Waals surface area contributed by atoms with Crippen LogP contribution in [0.3, 0.4) is 0 Å². The molecule has 156 valence electrons. The molecule has 0 radical (unpaired) electrons. The van der Waals surface area contributed by atoms with Crippen LogP contribution in [0.2, 0.25) is 0 Å². The normalized spacial score (nSPS) is 16.0. The summed E-state index contributed by atoms with van der Waals surface area (Å²) in [6.07, 6.45) is 0.321. The zero-order valence-electron chi connectivity index (χ0n) is 15.4. The maximum absolute atomic E-state index is 12.3. The molecule has 1 aromatic rings. The zero-order valence-corrected chi connectivity index (χ0v) is 16.2. The van der Waals surface area contributed by atoms with E-state index in [1.807, 2.05) is 4.72 Å².